The Morgan fingerprint density at radius 2 is 1.15 bits per heavy atom. The number of rotatable bonds is 17. The number of benzene rings is 2. The normalized spacial score (nSPS) is 15.8. The minimum absolute atomic E-state index is 0.105. The number of likely N-dealkylation sites (N-methyl/N-ethyl adjacent to an activating group) is 2. The minimum atomic E-state index is -0.717. The number of nitrogens with zero attached hydrogens (tertiary/aromatic N) is 4. The molecule has 4 atom stereocenters. The number of carboxylic acids is 1. The summed E-state index contributed by atoms with van der Waals surface area (Å²) in [5, 5.41) is 30.5. The first-order chi connectivity index (χ1) is 26.4. The summed E-state index contributed by atoms with van der Waals surface area (Å²) in [6.45, 7) is 1.25. The second-order valence-corrected chi connectivity index (χ2v) is 15.3. The van der Waals surface area contributed by atoms with E-state index in [0.29, 0.717) is 43.1 Å². The van der Waals surface area contributed by atoms with Crippen molar-refractivity contribution in [3.63, 3.8) is 0 Å². The van der Waals surface area contributed by atoms with Crippen LogP contribution in [0.3, 0.4) is 0 Å². The minimum Gasteiger partial charge on any atom is -0.508 e. The Balaban J connectivity index is 0.000000202. The van der Waals surface area contributed by atoms with Gasteiger partial charge in [-0.1, -0.05) is 36.4 Å². The molecule has 2 aliphatic carbocycles. The summed E-state index contributed by atoms with van der Waals surface area (Å²) in [5.41, 5.74) is 10.2. The molecule has 4 aromatic rings. The molecular weight excluding hydrogens is 693 g/mol. The van der Waals surface area contributed by atoms with E-state index in [2.05, 4.69) is 31.2 Å². The highest BCUT2D eigenvalue weighted by Gasteiger charge is 2.34. The molecule has 2 aromatic heterocycles. The Labute approximate surface area is 326 Å². The third-order valence-electron chi connectivity index (χ3n) is 10.5. The van der Waals surface area contributed by atoms with Crippen LogP contribution in [0.4, 0.5) is 0 Å². The van der Waals surface area contributed by atoms with Crippen LogP contribution in [0.15, 0.2) is 97.6 Å². The molecule has 2 saturated carbocycles. The molecule has 6 N–H and O–H groups in total. The fourth-order valence-corrected chi connectivity index (χ4v) is 6.72. The molecular formula is C44H60N6O5. The van der Waals surface area contributed by atoms with Crippen molar-refractivity contribution >= 4 is 11.9 Å². The summed E-state index contributed by atoms with van der Waals surface area (Å²) in [5.74, 6) is 1.59. The van der Waals surface area contributed by atoms with Gasteiger partial charge in [0.25, 0.3) is 0 Å². The van der Waals surface area contributed by atoms with Crippen molar-refractivity contribution < 1.29 is 24.9 Å². The number of carboxylic acid groups (broad SMARTS) is 1. The fraction of sp³-hybridized carbons (Fsp3) is 0.455. The Hall–Kier alpha value is -4.84. The van der Waals surface area contributed by atoms with Crippen molar-refractivity contribution in [1.29, 1.82) is 0 Å². The molecule has 11 nitrogen and oxygen atoms in total. The number of pyridine rings is 2. The summed E-state index contributed by atoms with van der Waals surface area (Å²) >= 11 is 0. The maximum Gasteiger partial charge on any atom is 0.303 e. The number of nitrogens with one attached hydrogen (secondary N) is 1. The second-order valence-electron chi connectivity index (χ2n) is 15.3. The van der Waals surface area contributed by atoms with Crippen LogP contribution in [-0.2, 0) is 22.4 Å². The molecule has 0 radical (unpaired) electrons. The number of aliphatic carboxylic acids is 1. The Bertz CT molecular complexity index is 1700. The molecule has 55 heavy (non-hydrogen) atoms. The molecule has 6 rings (SSSR count). The smallest absolute Gasteiger partial charge is 0.303 e. The van der Waals surface area contributed by atoms with Crippen LogP contribution >= 0.6 is 0 Å². The van der Waals surface area contributed by atoms with Gasteiger partial charge in [-0.25, -0.2) is 0 Å². The maximum absolute atomic E-state index is 12.6. The first kappa shape index (κ1) is 42.9. The van der Waals surface area contributed by atoms with Crippen molar-refractivity contribution in [3.8, 4) is 11.5 Å². The largest absolute Gasteiger partial charge is 0.508 e. The summed E-state index contributed by atoms with van der Waals surface area (Å²) in [7, 11) is 8.11. The van der Waals surface area contributed by atoms with Crippen molar-refractivity contribution in [1.82, 2.24) is 25.1 Å². The van der Waals surface area contributed by atoms with Crippen LogP contribution in [-0.4, -0.2) is 100 Å². The molecule has 0 aliphatic heterocycles. The molecule has 11 heteroatoms. The maximum atomic E-state index is 12.6. The first-order valence-corrected chi connectivity index (χ1v) is 19.3. The SMILES string of the molecule is CN(C)[C@H](CN)Cc1ccc(O)cc1.CN(C)[C@H](CNC(=O)C[C@H](c1cccnc1)C1CC1)Cc1ccc(O)cc1.O=C(O)C[C@H](c1cccnc1)C1CC1. The lowest BCUT2D eigenvalue weighted by Gasteiger charge is -2.25. The standard InChI is InChI=1S/C22H29N3O2.C11H18N2O.C11H13NO2/c1-25(2)19(12-16-5-9-20(26)10-6-16)15-24-22(27)13-21(17-7-8-17)18-4-3-11-23-14-18;1-13(2)10(8-12)7-9-3-5-11(14)6-4-9;13-11(14)6-10(8-3-4-8)9-2-1-5-12-7-9/h3-6,9-11,14,17,19,21,26H,7-8,12-13,15H2,1-2H3,(H,24,27);3-6,10,14H,7-8,12H2,1-2H3;1-2,5,7-8,10H,3-4,6H2,(H,13,14)/t19-,21-;2*10-/m000/s1. The second kappa shape index (κ2) is 21.9. The van der Waals surface area contributed by atoms with Crippen LogP contribution < -0.4 is 11.1 Å². The van der Waals surface area contributed by atoms with Crippen LogP contribution in [0.2, 0.25) is 0 Å². The summed E-state index contributed by atoms with van der Waals surface area (Å²) in [4.78, 5) is 35.8. The zero-order chi connectivity index (χ0) is 39.7. The van der Waals surface area contributed by atoms with E-state index < -0.39 is 5.97 Å². The van der Waals surface area contributed by atoms with Gasteiger partial charge in [-0.3, -0.25) is 19.6 Å². The van der Waals surface area contributed by atoms with Crippen molar-refractivity contribution in [2.24, 2.45) is 17.6 Å². The van der Waals surface area contributed by atoms with E-state index in [1.54, 1.807) is 42.9 Å². The lowest BCUT2D eigenvalue weighted by Crippen LogP contribution is -2.42. The molecule has 0 spiro atoms. The van der Waals surface area contributed by atoms with E-state index in [9.17, 15) is 14.7 Å². The van der Waals surface area contributed by atoms with Crippen LogP contribution in [0.25, 0.3) is 0 Å². The number of aromatic hydroxyl groups is 2. The zero-order valence-electron chi connectivity index (χ0n) is 32.8. The molecule has 2 fully saturated rings. The average molecular weight is 753 g/mol. The van der Waals surface area contributed by atoms with Gasteiger partial charge in [0.05, 0.1) is 6.42 Å². The number of nitrogens with two attached hydrogens (primary N) is 1. The van der Waals surface area contributed by atoms with E-state index in [1.807, 2.05) is 76.9 Å². The predicted molar refractivity (Wildman–Crippen MR) is 217 cm³/mol. The molecule has 0 saturated heterocycles. The van der Waals surface area contributed by atoms with Gasteiger partial charge in [-0.2, -0.15) is 0 Å². The van der Waals surface area contributed by atoms with Crippen molar-refractivity contribution in [2.75, 3.05) is 41.3 Å². The molecule has 0 unspecified atom stereocenters. The summed E-state index contributed by atoms with van der Waals surface area (Å²) < 4.78 is 0. The Kier molecular flexibility index (Phi) is 17.1. The van der Waals surface area contributed by atoms with E-state index >= 15 is 0 Å². The molecule has 296 valence electrons. The van der Waals surface area contributed by atoms with Gasteiger partial charge in [0.1, 0.15) is 11.5 Å². The van der Waals surface area contributed by atoms with Gasteiger partial charge in [0.2, 0.25) is 5.91 Å². The van der Waals surface area contributed by atoms with Crippen LogP contribution in [0.1, 0.15) is 72.6 Å². The summed E-state index contributed by atoms with van der Waals surface area (Å²) in [6, 6.07) is 23.0. The number of carbonyl (C=O) groups excluding carboxylic acids is 1. The third kappa shape index (κ3) is 15.4. The van der Waals surface area contributed by atoms with Gasteiger partial charge >= 0.3 is 5.97 Å². The quantitative estimate of drug-likeness (QED) is 0.0886. The molecule has 2 aromatic carbocycles. The molecule has 1 amide bonds. The number of amides is 1. The lowest BCUT2D eigenvalue weighted by molar-refractivity contribution is -0.137. The number of hydrogen-bond acceptors (Lipinski definition) is 9. The average Bonchev–Trinajstić information content (AvgIpc) is 4.12. The highest BCUT2D eigenvalue weighted by molar-refractivity contribution is 5.77. The monoisotopic (exact) mass is 752 g/mol. The number of hydrogen-bond donors (Lipinski definition) is 5. The first-order valence-electron chi connectivity index (χ1n) is 19.3. The topological polar surface area (TPSA) is 165 Å². The Morgan fingerprint density at radius 3 is 1.51 bits per heavy atom. The van der Waals surface area contributed by atoms with Gasteiger partial charge in [-0.05, 0) is 149 Å². The van der Waals surface area contributed by atoms with Crippen molar-refractivity contribution in [2.45, 2.75) is 75.3 Å². The molecule has 2 heterocycles. The molecule has 2 aliphatic rings. The van der Waals surface area contributed by atoms with E-state index in [0.717, 1.165) is 36.8 Å². The number of aromatic nitrogens is 2. The van der Waals surface area contributed by atoms with Gasteiger partial charge in [0, 0.05) is 56.4 Å². The van der Waals surface area contributed by atoms with Gasteiger partial charge in [0.15, 0.2) is 0 Å². The molecule has 0 bridgehead atoms. The Morgan fingerprint density at radius 1 is 0.709 bits per heavy atom. The highest BCUT2D eigenvalue weighted by Crippen LogP contribution is 2.45. The predicted octanol–water partition coefficient (Wildman–Crippen LogP) is 5.83. The van der Waals surface area contributed by atoms with Gasteiger partial charge < -0.3 is 36.2 Å². The van der Waals surface area contributed by atoms with Crippen LogP contribution in [0.5, 0.6) is 11.5 Å². The zero-order valence-corrected chi connectivity index (χ0v) is 32.8. The van der Waals surface area contributed by atoms with E-state index in [4.69, 9.17) is 15.9 Å². The number of phenols is 2. The third-order valence-corrected chi connectivity index (χ3v) is 10.5. The van der Waals surface area contributed by atoms with Crippen molar-refractivity contribution in [3.05, 3.63) is 120 Å². The van der Waals surface area contributed by atoms with E-state index in [-0.39, 0.29) is 36.0 Å². The highest BCUT2D eigenvalue weighted by atomic mass is 16.4. The number of carbonyl (C=O) groups is 2. The van der Waals surface area contributed by atoms with Crippen LogP contribution in [0, 0.1) is 11.8 Å². The lowest BCUT2D eigenvalue weighted by atomic mass is 9.92. The van der Waals surface area contributed by atoms with E-state index in [1.165, 1.54) is 24.0 Å². The van der Waals surface area contributed by atoms with Gasteiger partial charge in [-0.15, -0.1) is 0 Å². The number of phenolic OH excluding ortho intramolecular Hbond substituents is 2. The summed E-state index contributed by atoms with van der Waals surface area (Å²) in [6.07, 6.45) is 14.4. The fourth-order valence-electron chi connectivity index (χ4n) is 6.72.